The highest BCUT2D eigenvalue weighted by molar-refractivity contribution is 4.70. The van der Waals surface area contributed by atoms with Crippen molar-refractivity contribution >= 4 is 0 Å². The van der Waals surface area contributed by atoms with Crippen molar-refractivity contribution in [3.05, 3.63) is 0 Å². The standard InChI is InChI=1S/C11H23F3N2/c1-10(2,3)16-9-8-15-7-5-4-6-11(12,13)14/h15-16H,4-9H2,1-3H3. The quantitative estimate of drug-likeness (QED) is 0.669. The molecule has 98 valence electrons. The van der Waals surface area contributed by atoms with Crippen LogP contribution in [0.3, 0.4) is 0 Å². The summed E-state index contributed by atoms with van der Waals surface area (Å²) in [5.74, 6) is 0. The molecule has 0 rings (SSSR count). The summed E-state index contributed by atoms with van der Waals surface area (Å²) in [6, 6.07) is 0. The molecule has 5 heteroatoms. The summed E-state index contributed by atoms with van der Waals surface area (Å²) >= 11 is 0. The van der Waals surface area contributed by atoms with Crippen LogP contribution in [-0.2, 0) is 0 Å². The monoisotopic (exact) mass is 240 g/mol. The van der Waals surface area contributed by atoms with Crippen LogP contribution >= 0.6 is 0 Å². The molecule has 0 aromatic rings. The summed E-state index contributed by atoms with van der Waals surface area (Å²) in [6.07, 6.45) is -3.89. The van der Waals surface area contributed by atoms with Crippen LogP contribution in [0.15, 0.2) is 0 Å². The van der Waals surface area contributed by atoms with Gasteiger partial charge in [0, 0.05) is 25.0 Å². The molecule has 0 aromatic heterocycles. The van der Waals surface area contributed by atoms with Crippen LogP contribution in [0.2, 0.25) is 0 Å². The molecule has 0 atom stereocenters. The van der Waals surface area contributed by atoms with Crippen molar-refractivity contribution in [3.63, 3.8) is 0 Å². The molecule has 0 spiro atoms. The number of hydrogen-bond acceptors (Lipinski definition) is 2. The van der Waals surface area contributed by atoms with Crippen molar-refractivity contribution in [2.45, 2.75) is 51.7 Å². The second kappa shape index (κ2) is 7.12. The molecule has 2 N–H and O–H groups in total. The van der Waals surface area contributed by atoms with Crippen LogP contribution in [-0.4, -0.2) is 31.3 Å². The van der Waals surface area contributed by atoms with Gasteiger partial charge < -0.3 is 10.6 Å². The van der Waals surface area contributed by atoms with E-state index in [0.29, 0.717) is 13.0 Å². The lowest BCUT2D eigenvalue weighted by Gasteiger charge is -2.20. The van der Waals surface area contributed by atoms with Gasteiger partial charge in [0.05, 0.1) is 0 Å². The van der Waals surface area contributed by atoms with Crippen molar-refractivity contribution in [3.8, 4) is 0 Å². The Labute approximate surface area is 96.0 Å². The molecule has 16 heavy (non-hydrogen) atoms. The van der Waals surface area contributed by atoms with E-state index in [1.807, 2.05) is 0 Å². The highest BCUT2D eigenvalue weighted by Crippen LogP contribution is 2.21. The van der Waals surface area contributed by atoms with Crippen molar-refractivity contribution in [2.75, 3.05) is 19.6 Å². The first-order valence-corrected chi connectivity index (χ1v) is 5.73. The van der Waals surface area contributed by atoms with Gasteiger partial charge in [-0.1, -0.05) is 0 Å². The molecule has 0 bridgehead atoms. The average molecular weight is 240 g/mol. The van der Waals surface area contributed by atoms with Gasteiger partial charge in [0.1, 0.15) is 0 Å². The molecule has 0 amide bonds. The van der Waals surface area contributed by atoms with Crippen LogP contribution < -0.4 is 10.6 Å². The van der Waals surface area contributed by atoms with Gasteiger partial charge in [-0.05, 0) is 40.2 Å². The van der Waals surface area contributed by atoms with E-state index in [4.69, 9.17) is 0 Å². The van der Waals surface area contributed by atoms with Crippen LogP contribution in [0.25, 0.3) is 0 Å². The van der Waals surface area contributed by atoms with Crippen LogP contribution in [0, 0.1) is 0 Å². The summed E-state index contributed by atoms with van der Waals surface area (Å²) in [5, 5.41) is 6.41. The maximum Gasteiger partial charge on any atom is 0.389 e. The Morgan fingerprint density at radius 1 is 0.875 bits per heavy atom. The van der Waals surface area contributed by atoms with E-state index in [1.54, 1.807) is 0 Å². The maximum atomic E-state index is 11.8. The van der Waals surface area contributed by atoms with Crippen LogP contribution in [0.4, 0.5) is 13.2 Å². The Morgan fingerprint density at radius 3 is 2.00 bits per heavy atom. The summed E-state index contributed by atoms with van der Waals surface area (Å²) in [5.41, 5.74) is 0.0952. The molecule has 0 aliphatic heterocycles. The zero-order chi connectivity index (χ0) is 12.7. The molecule has 0 aliphatic carbocycles. The van der Waals surface area contributed by atoms with E-state index < -0.39 is 12.6 Å². The van der Waals surface area contributed by atoms with Crippen molar-refractivity contribution in [2.24, 2.45) is 0 Å². The fourth-order valence-electron chi connectivity index (χ4n) is 1.23. The largest absolute Gasteiger partial charge is 0.389 e. The van der Waals surface area contributed by atoms with E-state index in [0.717, 1.165) is 13.1 Å². The third-order valence-electron chi connectivity index (χ3n) is 2.02. The first-order chi connectivity index (χ1) is 7.21. The number of hydrogen-bond donors (Lipinski definition) is 2. The Bertz CT molecular complexity index is 153. The Balaban J connectivity index is 3.17. The van der Waals surface area contributed by atoms with Gasteiger partial charge in [0.2, 0.25) is 0 Å². The van der Waals surface area contributed by atoms with Crippen molar-refractivity contribution in [1.82, 2.24) is 10.6 Å². The fraction of sp³-hybridized carbons (Fsp3) is 1.00. The lowest BCUT2D eigenvalue weighted by atomic mass is 10.1. The highest BCUT2D eigenvalue weighted by Gasteiger charge is 2.25. The smallest absolute Gasteiger partial charge is 0.315 e. The molecule has 0 fully saturated rings. The lowest BCUT2D eigenvalue weighted by Crippen LogP contribution is -2.40. The average Bonchev–Trinajstić information content (AvgIpc) is 2.06. The number of unbranched alkanes of at least 4 members (excludes halogenated alkanes) is 1. The summed E-state index contributed by atoms with van der Waals surface area (Å²) in [4.78, 5) is 0. The van der Waals surface area contributed by atoms with E-state index in [-0.39, 0.29) is 12.0 Å². The predicted octanol–water partition coefficient (Wildman–Crippen LogP) is 2.70. The molecule has 0 unspecified atom stereocenters. The minimum Gasteiger partial charge on any atom is -0.315 e. The Hall–Kier alpha value is -0.290. The number of halogens is 3. The van der Waals surface area contributed by atoms with E-state index in [2.05, 4.69) is 31.4 Å². The first-order valence-electron chi connectivity index (χ1n) is 5.73. The highest BCUT2D eigenvalue weighted by atomic mass is 19.4. The number of rotatable bonds is 7. The van der Waals surface area contributed by atoms with E-state index in [9.17, 15) is 13.2 Å². The Kier molecular flexibility index (Phi) is 6.99. The molecule has 0 saturated heterocycles. The van der Waals surface area contributed by atoms with Gasteiger partial charge in [-0.25, -0.2) is 0 Å². The molecule has 0 heterocycles. The van der Waals surface area contributed by atoms with Crippen molar-refractivity contribution in [1.29, 1.82) is 0 Å². The lowest BCUT2D eigenvalue weighted by molar-refractivity contribution is -0.135. The van der Waals surface area contributed by atoms with Gasteiger partial charge in [-0.15, -0.1) is 0 Å². The topological polar surface area (TPSA) is 24.1 Å². The molecular weight excluding hydrogens is 217 g/mol. The van der Waals surface area contributed by atoms with Crippen molar-refractivity contribution < 1.29 is 13.2 Å². The number of nitrogens with one attached hydrogen (secondary N) is 2. The van der Waals surface area contributed by atoms with E-state index in [1.165, 1.54) is 0 Å². The zero-order valence-corrected chi connectivity index (χ0v) is 10.4. The minimum absolute atomic E-state index is 0.0952. The molecule has 0 radical (unpaired) electrons. The van der Waals surface area contributed by atoms with Gasteiger partial charge in [0.25, 0.3) is 0 Å². The first kappa shape index (κ1) is 15.7. The molecular formula is C11H23F3N2. The van der Waals surface area contributed by atoms with Gasteiger partial charge in [-0.2, -0.15) is 13.2 Å². The second-order valence-corrected chi connectivity index (χ2v) is 5.00. The maximum absolute atomic E-state index is 11.8. The zero-order valence-electron chi connectivity index (χ0n) is 10.4. The van der Waals surface area contributed by atoms with Gasteiger partial charge >= 0.3 is 6.18 Å². The normalized spacial score (nSPS) is 13.1. The summed E-state index contributed by atoms with van der Waals surface area (Å²) in [7, 11) is 0. The second-order valence-electron chi connectivity index (χ2n) is 5.00. The summed E-state index contributed by atoms with van der Waals surface area (Å²) < 4.78 is 35.4. The minimum atomic E-state index is -4.01. The molecule has 0 aromatic carbocycles. The van der Waals surface area contributed by atoms with Crippen LogP contribution in [0.5, 0.6) is 0 Å². The Morgan fingerprint density at radius 2 is 1.50 bits per heavy atom. The van der Waals surface area contributed by atoms with Gasteiger partial charge in [0.15, 0.2) is 0 Å². The van der Waals surface area contributed by atoms with Gasteiger partial charge in [-0.3, -0.25) is 0 Å². The summed E-state index contributed by atoms with van der Waals surface area (Å²) in [6.45, 7) is 8.52. The molecule has 2 nitrogen and oxygen atoms in total. The molecule has 0 saturated carbocycles. The van der Waals surface area contributed by atoms with Crippen LogP contribution in [0.1, 0.15) is 40.0 Å². The van der Waals surface area contributed by atoms with E-state index >= 15 is 0 Å². The number of alkyl halides is 3. The molecule has 0 aliphatic rings. The SMILES string of the molecule is CC(C)(C)NCCNCCCCC(F)(F)F. The third kappa shape index (κ3) is 13.7. The fourth-order valence-corrected chi connectivity index (χ4v) is 1.23. The predicted molar refractivity (Wildman–Crippen MR) is 60.5 cm³/mol. The third-order valence-corrected chi connectivity index (χ3v) is 2.02.